The van der Waals surface area contributed by atoms with E-state index in [1.165, 1.54) is 32.4 Å². The van der Waals surface area contributed by atoms with Crippen LogP contribution in [0.5, 0.6) is 0 Å². The molecule has 0 aromatic heterocycles. The third-order valence-electron chi connectivity index (χ3n) is 3.70. The minimum absolute atomic E-state index is 0.793. The van der Waals surface area contributed by atoms with E-state index in [1.807, 2.05) is 0 Å². The van der Waals surface area contributed by atoms with Crippen LogP contribution in [0.3, 0.4) is 0 Å². The van der Waals surface area contributed by atoms with Crippen molar-refractivity contribution in [3.05, 3.63) is 12.7 Å². The van der Waals surface area contributed by atoms with Gasteiger partial charge < -0.3 is 0 Å². The van der Waals surface area contributed by atoms with Crippen molar-refractivity contribution in [1.82, 2.24) is 4.90 Å². The van der Waals surface area contributed by atoms with Gasteiger partial charge in [0.2, 0.25) is 0 Å². The summed E-state index contributed by atoms with van der Waals surface area (Å²) >= 11 is 0. The van der Waals surface area contributed by atoms with Gasteiger partial charge in [-0.25, -0.2) is 0 Å². The van der Waals surface area contributed by atoms with Gasteiger partial charge in [0.25, 0.3) is 0 Å². The Balaban J connectivity index is 2.05. The van der Waals surface area contributed by atoms with Crippen LogP contribution in [-0.2, 0) is 0 Å². The molecule has 4 atom stereocenters. The van der Waals surface area contributed by atoms with Gasteiger partial charge in [0.15, 0.2) is 0 Å². The van der Waals surface area contributed by atoms with E-state index in [-0.39, 0.29) is 0 Å². The van der Waals surface area contributed by atoms with Crippen LogP contribution < -0.4 is 0 Å². The Morgan fingerprint density at radius 3 is 2.92 bits per heavy atom. The highest BCUT2D eigenvalue weighted by Gasteiger charge is 2.37. The van der Waals surface area contributed by atoms with E-state index in [0.29, 0.717) is 0 Å². The van der Waals surface area contributed by atoms with Crippen molar-refractivity contribution in [3.8, 4) is 0 Å². The van der Waals surface area contributed by atoms with Gasteiger partial charge in [-0.15, -0.1) is 6.58 Å². The highest BCUT2D eigenvalue weighted by atomic mass is 15.2. The summed E-state index contributed by atoms with van der Waals surface area (Å²) in [7, 11) is 0. The van der Waals surface area contributed by atoms with Gasteiger partial charge in [-0.1, -0.05) is 13.0 Å². The first-order valence-electron chi connectivity index (χ1n) is 5.21. The lowest BCUT2D eigenvalue weighted by atomic mass is 9.75. The molecule has 1 unspecified atom stereocenters. The number of hydrogen-bond acceptors (Lipinski definition) is 1. The maximum atomic E-state index is 3.93. The first-order valence-corrected chi connectivity index (χ1v) is 5.21. The fraction of sp³-hybridized carbons (Fsp3) is 0.818. The van der Waals surface area contributed by atoms with Crippen molar-refractivity contribution >= 4 is 0 Å². The molecule has 3 fully saturated rings. The van der Waals surface area contributed by atoms with Crippen LogP contribution in [0.2, 0.25) is 0 Å². The van der Waals surface area contributed by atoms with Crippen LogP contribution in [-0.4, -0.2) is 24.0 Å². The molecule has 0 radical (unpaired) electrons. The second-order valence-electron chi connectivity index (χ2n) is 4.24. The predicted octanol–water partition coefficient (Wildman–Crippen LogP) is 2.29. The van der Waals surface area contributed by atoms with Crippen LogP contribution in [0.25, 0.3) is 0 Å². The molecule has 1 nitrogen and oxygen atoms in total. The molecule has 1 heteroatoms. The maximum absolute atomic E-state index is 3.93. The Labute approximate surface area is 75.4 Å². The Morgan fingerprint density at radius 2 is 2.42 bits per heavy atom. The molecule has 0 spiro atoms. The van der Waals surface area contributed by atoms with Crippen molar-refractivity contribution in [2.24, 2.45) is 11.8 Å². The Morgan fingerprint density at radius 1 is 1.58 bits per heavy atom. The number of hydrogen-bond donors (Lipinski definition) is 0. The van der Waals surface area contributed by atoms with Crippen molar-refractivity contribution in [2.75, 3.05) is 13.1 Å². The smallest absolute Gasteiger partial charge is 0.00957 e. The van der Waals surface area contributed by atoms with E-state index in [2.05, 4.69) is 24.5 Å². The van der Waals surface area contributed by atoms with Crippen LogP contribution in [0, 0.1) is 11.8 Å². The van der Waals surface area contributed by atoms with Crippen LogP contribution in [0.4, 0.5) is 0 Å². The van der Waals surface area contributed by atoms with E-state index < -0.39 is 0 Å². The lowest BCUT2D eigenvalue weighted by Crippen LogP contribution is -2.52. The van der Waals surface area contributed by atoms with E-state index in [1.54, 1.807) is 0 Å². The molecule has 0 N–H and O–H groups in total. The van der Waals surface area contributed by atoms with Gasteiger partial charge in [-0.05, 0) is 37.6 Å². The van der Waals surface area contributed by atoms with Gasteiger partial charge in [0.05, 0.1) is 0 Å². The summed E-state index contributed by atoms with van der Waals surface area (Å²) in [4.78, 5) is 2.66. The molecule has 12 heavy (non-hydrogen) atoms. The third-order valence-corrected chi connectivity index (χ3v) is 3.70. The van der Waals surface area contributed by atoms with Gasteiger partial charge in [-0.3, -0.25) is 4.90 Å². The summed E-state index contributed by atoms with van der Waals surface area (Å²) in [6.07, 6.45) is 6.34. The largest absolute Gasteiger partial charge is 0.300 e. The van der Waals surface area contributed by atoms with E-state index in [4.69, 9.17) is 0 Å². The molecule has 3 saturated heterocycles. The lowest BCUT2D eigenvalue weighted by molar-refractivity contribution is 0.0177. The monoisotopic (exact) mass is 165 g/mol. The minimum atomic E-state index is 0.793. The number of piperidine rings is 3. The van der Waals surface area contributed by atoms with Crippen LogP contribution >= 0.6 is 0 Å². The summed E-state index contributed by atoms with van der Waals surface area (Å²) in [6, 6.07) is 0.889. The van der Waals surface area contributed by atoms with E-state index >= 15 is 0 Å². The first-order chi connectivity index (χ1) is 5.85. The van der Waals surface area contributed by atoms with E-state index in [9.17, 15) is 0 Å². The standard InChI is InChI=1S/C11H19N/c1-3-9-8-12-6-5-10(9)7-11(12)4-2/h3,9-11H,1,4-8H2,2H3/t9-,10-,11+/m0/s1. The minimum Gasteiger partial charge on any atom is -0.300 e. The summed E-state index contributed by atoms with van der Waals surface area (Å²) in [5.74, 6) is 1.75. The fourth-order valence-corrected chi connectivity index (χ4v) is 2.87. The number of nitrogens with zero attached hydrogens (tertiary/aromatic N) is 1. The van der Waals surface area contributed by atoms with Crippen LogP contribution in [0.15, 0.2) is 12.7 Å². The Hall–Kier alpha value is -0.300. The molecule has 2 bridgehead atoms. The molecule has 3 aliphatic rings. The Kier molecular flexibility index (Phi) is 2.22. The van der Waals surface area contributed by atoms with Crippen molar-refractivity contribution in [1.29, 1.82) is 0 Å². The summed E-state index contributed by atoms with van der Waals surface area (Å²) in [5, 5.41) is 0. The molecular formula is C11H19N. The summed E-state index contributed by atoms with van der Waals surface area (Å²) in [5.41, 5.74) is 0. The normalized spacial score (nSPS) is 46.1. The van der Waals surface area contributed by atoms with Gasteiger partial charge >= 0.3 is 0 Å². The second kappa shape index (κ2) is 3.21. The zero-order chi connectivity index (χ0) is 8.55. The average Bonchev–Trinajstić information content (AvgIpc) is 2.18. The SMILES string of the molecule is C=C[C@H]1CN2CC[C@H]1C[C@H]2CC. The van der Waals surface area contributed by atoms with Crippen LogP contribution in [0.1, 0.15) is 26.2 Å². The topological polar surface area (TPSA) is 3.24 Å². The van der Waals surface area contributed by atoms with Crippen molar-refractivity contribution in [2.45, 2.75) is 32.2 Å². The molecule has 0 aromatic carbocycles. The summed E-state index contributed by atoms with van der Waals surface area (Å²) in [6.45, 7) is 8.87. The molecule has 0 saturated carbocycles. The fourth-order valence-electron chi connectivity index (χ4n) is 2.87. The number of fused-ring (bicyclic) bond motifs is 3. The number of rotatable bonds is 2. The average molecular weight is 165 g/mol. The first kappa shape index (κ1) is 8.31. The lowest BCUT2D eigenvalue weighted by Gasteiger charge is -2.49. The quantitative estimate of drug-likeness (QED) is 0.567. The maximum Gasteiger partial charge on any atom is 0.00957 e. The van der Waals surface area contributed by atoms with Crippen molar-refractivity contribution in [3.63, 3.8) is 0 Å². The molecule has 3 rings (SSSR count). The van der Waals surface area contributed by atoms with Gasteiger partial charge in [0, 0.05) is 12.6 Å². The molecule has 0 aliphatic carbocycles. The molecular weight excluding hydrogens is 146 g/mol. The highest BCUT2D eigenvalue weighted by Crippen LogP contribution is 2.37. The molecule has 0 amide bonds. The third kappa shape index (κ3) is 1.20. The second-order valence-corrected chi connectivity index (χ2v) is 4.24. The zero-order valence-corrected chi connectivity index (χ0v) is 8.00. The Bertz CT molecular complexity index is 176. The molecule has 3 heterocycles. The zero-order valence-electron chi connectivity index (χ0n) is 8.00. The van der Waals surface area contributed by atoms with Gasteiger partial charge in [0.1, 0.15) is 0 Å². The van der Waals surface area contributed by atoms with E-state index in [0.717, 1.165) is 17.9 Å². The molecule has 0 aromatic rings. The molecule has 3 aliphatic heterocycles. The predicted molar refractivity (Wildman–Crippen MR) is 52.1 cm³/mol. The van der Waals surface area contributed by atoms with Gasteiger partial charge in [-0.2, -0.15) is 0 Å². The highest BCUT2D eigenvalue weighted by molar-refractivity contribution is 4.98. The molecule has 68 valence electrons. The summed E-state index contributed by atoms with van der Waals surface area (Å²) < 4.78 is 0. The van der Waals surface area contributed by atoms with Crippen molar-refractivity contribution < 1.29 is 0 Å².